The molecule has 2 nitrogen and oxygen atoms in total. The fourth-order valence-electron chi connectivity index (χ4n) is 3.47. The molecule has 3 heteroatoms. The van der Waals surface area contributed by atoms with Crippen LogP contribution >= 0.6 is 12.4 Å². The van der Waals surface area contributed by atoms with E-state index in [2.05, 4.69) is 17.3 Å². The van der Waals surface area contributed by atoms with Crippen molar-refractivity contribution in [2.75, 3.05) is 33.2 Å². The lowest BCUT2D eigenvalue weighted by Crippen LogP contribution is -2.39. The fraction of sp³-hybridized carbons (Fsp3) is 1.00. The van der Waals surface area contributed by atoms with Gasteiger partial charge in [-0.15, -0.1) is 12.4 Å². The quantitative estimate of drug-likeness (QED) is 0.818. The summed E-state index contributed by atoms with van der Waals surface area (Å²) in [6, 6.07) is 0. The Balaban J connectivity index is 0.00000144. The smallest absolute Gasteiger partial charge is 0.00218 e. The number of piperidine rings is 1. The van der Waals surface area contributed by atoms with E-state index in [4.69, 9.17) is 0 Å². The Morgan fingerprint density at radius 3 is 2.47 bits per heavy atom. The monoisotopic (exact) mass is 260 g/mol. The Hall–Kier alpha value is 0.210. The molecule has 1 atom stereocenters. The van der Waals surface area contributed by atoms with Gasteiger partial charge in [-0.05, 0) is 57.8 Å². The summed E-state index contributed by atoms with van der Waals surface area (Å²) >= 11 is 0. The second-order valence-corrected chi connectivity index (χ2v) is 5.81. The highest BCUT2D eigenvalue weighted by Crippen LogP contribution is 2.28. The summed E-state index contributed by atoms with van der Waals surface area (Å²) in [5.41, 5.74) is 0. The van der Waals surface area contributed by atoms with Gasteiger partial charge in [-0.25, -0.2) is 0 Å². The molecular formula is C14H29ClN2. The molecule has 0 radical (unpaired) electrons. The van der Waals surface area contributed by atoms with Crippen molar-refractivity contribution in [2.45, 2.75) is 44.9 Å². The molecule has 17 heavy (non-hydrogen) atoms. The molecule has 1 aliphatic heterocycles. The van der Waals surface area contributed by atoms with Crippen LogP contribution < -0.4 is 5.32 Å². The first-order valence-corrected chi connectivity index (χ1v) is 7.25. The summed E-state index contributed by atoms with van der Waals surface area (Å²) in [6.07, 6.45) is 10.3. The predicted molar refractivity (Wildman–Crippen MR) is 76.9 cm³/mol. The summed E-state index contributed by atoms with van der Waals surface area (Å²) in [5.74, 6) is 1.96. The van der Waals surface area contributed by atoms with Crippen LogP contribution in [-0.4, -0.2) is 38.1 Å². The van der Waals surface area contributed by atoms with E-state index in [1.54, 1.807) is 0 Å². The molecule has 0 aromatic carbocycles. The van der Waals surface area contributed by atoms with Crippen molar-refractivity contribution >= 4 is 12.4 Å². The Morgan fingerprint density at radius 2 is 1.76 bits per heavy atom. The van der Waals surface area contributed by atoms with Crippen molar-refractivity contribution in [2.24, 2.45) is 11.8 Å². The van der Waals surface area contributed by atoms with Gasteiger partial charge in [-0.3, -0.25) is 0 Å². The zero-order chi connectivity index (χ0) is 11.2. The van der Waals surface area contributed by atoms with E-state index < -0.39 is 0 Å². The maximum absolute atomic E-state index is 3.33. The number of likely N-dealkylation sites (tertiary alicyclic amines) is 1. The normalized spacial score (nSPS) is 27.0. The molecule has 1 saturated heterocycles. The van der Waals surface area contributed by atoms with Crippen LogP contribution in [0, 0.1) is 11.8 Å². The zero-order valence-corrected chi connectivity index (χ0v) is 12.1. The molecule has 0 bridgehead atoms. The average molecular weight is 261 g/mol. The van der Waals surface area contributed by atoms with Crippen LogP contribution in [0.15, 0.2) is 0 Å². The molecule has 102 valence electrons. The molecule has 0 amide bonds. The van der Waals surface area contributed by atoms with Gasteiger partial charge in [0.05, 0.1) is 0 Å². The second kappa shape index (κ2) is 8.34. The highest BCUT2D eigenvalue weighted by atomic mass is 35.5. The van der Waals surface area contributed by atoms with Crippen LogP contribution in [0.1, 0.15) is 44.9 Å². The third-order valence-corrected chi connectivity index (χ3v) is 4.42. The third kappa shape index (κ3) is 5.15. The van der Waals surface area contributed by atoms with Gasteiger partial charge in [-0.2, -0.15) is 0 Å². The van der Waals surface area contributed by atoms with Crippen LogP contribution in [0.25, 0.3) is 0 Å². The molecule has 2 aliphatic rings. The number of hydrogen-bond donors (Lipinski definition) is 1. The minimum absolute atomic E-state index is 0. The molecule has 2 rings (SSSR count). The molecule has 1 aliphatic carbocycles. The fourth-order valence-corrected chi connectivity index (χ4v) is 3.47. The lowest BCUT2D eigenvalue weighted by molar-refractivity contribution is 0.164. The van der Waals surface area contributed by atoms with Crippen LogP contribution in [0.5, 0.6) is 0 Å². The minimum Gasteiger partial charge on any atom is -0.319 e. The van der Waals surface area contributed by atoms with Gasteiger partial charge in [0, 0.05) is 6.54 Å². The van der Waals surface area contributed by atoms with Gasteiger partial charge in [0.2, 0.25) is 0 Å². The van der Waals surface area contributed by atoms with Crippen molar-refractivity contribution in [3.05, 3.63) is 0 Å². The molecule has 0 aromatic heterocycles. The molecule has 0 aromatic rings. The predicted octanol–water partition coefficient (Wildman–Crippen LogP) is 2.92. The highest BCUT2D eigenvalue weighted by molar-refractivity contribution is 5.85. The molecule has 1 unspecified atom stereocenters. The van der Waals surface area contributed by atoms with E-state index in [0.29, 0.717) is 0 Å². The van der Waals surface area contributed by atoms with Crippen LogP contribution in [0.2, 0.25) is 0 Å². The maximum atomic E-state index is 3.33. The molecular weight excluding hydrogens is 232 g/mol. The van der Waals surface area contributed by atoms with E-state index >= 15 is 0 Å². The van der Waals surface area contributed by atoms with Crippen molar-refractivity contribution in [3.8, 4) is 0 Å². The van der Waals surface area contributed by atoms with Crippen LogP contribution in [0.3, 0.4) is 0 Å². The minimum atomic E-state index is 0. The van der Waals surface area contributed by atoms with E-state index in [0.717, 1.165) is 11.8 Å². The van der Waals surface area contributed by atoms with Crippen molar-refractivity contribution in [1.29, 1.82) is 0 Å². The van der Waals surface area contributed by atoms with E-state index in [9.17, 15) is 0 Å². The first-order valence-electron chi connectivity index (χ1n) is 7.25. The van der Waals surface area contributed by atoms with Gasteiger partial charge >= 0.3 is 0 Å². The summed E-state index contributed by atoms with van der Waals surface area (Å²) in [7, 11) is 2.08. The Bertz CT molecular complexity index is 191. The average Bonchev–Trinajstić information content (AvgIpc) is 2.80. The van der Waals surface area contributed by atoms with E-state index in [-0.39, 0.29) is 12.4 Å². The lowest BCUT2D eigenvalue weighted by atomic mass is 9.96. The molecule has 2 fully saturated rings. The molecule has 0 spiro atoms. The second-order valence-electron chi connectivity index (χ2n) is 5.81. The van der Waals surface area contributed by atoms with Gasteiger partial charge in [-0.1, -0.05) is 25.7 Å². The summed E-state index contributed by atoms with van der Waals surface area (Å²) < 4.78 is 0. The van der Waals surface area contributed by atoms with E-state index in [1.807, 2.05) is 0 Å². The SMILES string of the molecule is CNCC1CCCN(CCC2CCCC2)C1.Cl. The molecule has 1 N–H and O–H groups in total. The maximum Gasteiger partial charge on any atom is 0.00218 e. The standard InChI is InChI=1S/C14H28N2.ClH/c1-15-11-14-7-4-9-16(12-14)10-8-13-5-2-3-6-13;/h13-15H,2-12H2,1H3;1H. The summed E-state index contributed by atoms with van der Waals surface area (Å²) in [4.78, 5) is 2.71. The Morgan fingerprint density at radius 1 is 1.06 bits per heavy atom. The highest BCUT2D eigenvalue weighted by Gasteiger charge is 2.21. The number of halogens is 1. The van der Waals surface area contributed by atoms with E-state index in [1.165, 1.54) is 71.1 Å². The molecule has 1 heterocycles. The zero-order valence-electron chi connectivity index (χ0n) is 11.3. The van der Waals surface area contributed by atoms with Crippen molar-refractivity contribution in [3.63, 3.8) is 0 Å². The first-order chi connectivity index (χ1) is 7.88. The van der Waals surface area contributed by atoms with Gasteiger partial charge in [0.25, 0.3) is 0 Å². The van der Waals surface area contributed by atoms with Gasteiger partial charge in [0.1, 0.15) is 0 Å². The first kappa shape index (κ1) is 15.3. The Labute approximate surface area is 113 Å². The summed E-state index contributed by atoms with van der Waals surface area (Å²) in [6.45, 7) is 5.27. The Kier molecular flexibility index (Phi) is 7.49. The van der Waals surface area contributed by atoms with Crippen molar-refractivity contribution < 1.29 is 0 Å². The number of nitrogens with one attached hydrogen (secondary N) is 1. The number of nitrogens with zero attached hydrogens (tertiary/aromatic N) is 1. The molecule has 1 saturated carbocycles. The van der Waals surface area contributed by atoms with Crippen molar-refractivity contribution in [1.82, 2.24) is 10.2 Å². The topological polar surface area (TPSA) is 15.3 Å². The van der Waals surface area contributed by atoms with Crippen LogP contribution in [0.4, 0.5) is 0 Å². The number of hydrogen-bond acceptors (Lipinski definition) is 2. The third-order valence-electron chi connectivity index (χ3n) is 4.42. The van der Waals surface area contributed by atoms with Gasteiger partial charge < -0.3 is 10.2 Å². The summed E-state index contributed by atoms with van der Waals surface area (Å²) in [5, 5.41) is 3.33. The lowest BCUT2D eigenvalue weighted by Gasteiger charge is -2.33. The number of rotatable bonds is 5. The van der Waals surface area contributed by atoms with Crippen LogP contribution in [-0.2, 0) is 0 Å². The largest absolute Gasteiger partial charge is 0.319 e. The van der Waals surface area contributed by atoms with Gasteiger partial charge in [0.15, 0.2) is 0 Å².